The van der Waals surface area contributed by atoms with Crippen molar-refractivity contribution in [3.63, 3.8) is 0 Å². The number of phenols is 1. The molecule has 12 unspecified atom stereocenters. The van der Waals surface area contributed by atoms with Gasteiger partial charge in [-0.2, -0.15) is 5.10 Å². The number of carbonyl (C=O) groups excluding carboxylic acids is 8. The zero-order valence-corrected chi connectivity index (χ0v) is 51.6. The first kappa shape index (κ1) is 68.2. The van der Waals surface area contributed by atoms with E-state index in [4.69, 9.17) is 30.0 Å². The van der Waals surface area contributed by atoms with Crippen molar-refractivity contribution in [1.82, 2.24) is 51.0 Å². The quantitative estimate of drug-likeness (QED) is 0.0212. The number of phenolic OH excluding ortho intramolecular Hbond substituents is 1. The summed E-state index contributed by atoms with van der Waals surface area (Å²) in [5, 5.41) is 108. The number of hydrogen-bond donors (Lipinski definition) is 14. The molecule has 0 bridgehead atoms. The molecule has 0 radical (unpaired) electrons. The van der Waals surface area contributed by atoms with Crippen LogP contribution in [0.3, 0.4) is 0 Å². The van der Waals surface area contributed by atoms with Crippen molar-refractivity contribution in [2.24, 2.45) is 11.7 Å². The molecule has 34 heteroatoms. The first-order chi connectivity index (χ1) is 43.8. The molecule has 4 saturated heterocycles. The highest BCUT2D eigenvalue weighted by molar-refractivity contribution is 7.90. The number of imidazole rings is 1. The van der Waals surface area contributed by atoms with Crippen LogP contribution in [0.2, 0.25) is 0 Å². The Morgan fingerprint density at radius 1 is 0.793 bits per heavy atom. The second kappa shape index (κ2) is 29.7. The molecule has 9 rings (SSSR count). The summed E-state index contributed by atoms with van der Waals surface area (Å²) < 4.78 is 16.8. The van der Waals surface area contributed by atoms with Gasteiger partial charge in [0.05, 0.1) is 67.1 Å². The van der Waals surface area contributed by atoms with Gasteiger partial charge in [-0.05, 0) is 74.9 Å². The zero-order chi connectivity index (χ0) is 66.4. The van der Waals surface area contributed by atoms with Crippen LogP contribution in [0.1, 0.15) is 62.9 Å². The van der Waals surface area contributed by atoms with Gasteiger partial charge < -0.3 is 91.7 Å². The molecule has 4 aliphatic rings. The Kier molecular flexibility index (Phi) is 22.0. The van der Waals surface area contributed by atoms with Gasteiger partial charge >= 0.3 is 0 Å². The molecular weight excluding hydrogens is 1250 g/mol. The number of aliphatic hydroxyl groups excluding tert-OH is 6. The fourth-order valence-corrected chi connectivity index (χ4v) is 12.8. The lowest BCUT2D eigenvalue weighted by Gasteiger charge is -2.36. The van der Waals surface area contributed by atoms with Crippen LogP contribution in [0.25, 0.3) is 26.8 Å². The Morgan fingerprint density at radius 3 is 2.12 bits per heavy atom. The monoisotopic (exact) mass is 1320 g/mol. The van der Waals surface area contributed by atoms with Crippen LogP contribution < -0.4 is 41.4 Å². The van der Waals surface area contributed by atoms with E-state index in [1.807, 2.05) is 26.0 Å². The number of ether oxygens (including phenoxy) is 1. The van der Waals surface area contributed by atoms with E-state index in [0.717, 1.165) is 58.2 Å². The molecule has 5 aromatic rings. The Bertz CT molecular complexity index is 3470. The SMILES string of the molecule is CC(O)C1NC(=O)[C@@H](NC(=O)c2ccc(-c3cn4nc(-c5ccc(N6C[C@@H](C)O[C@@H](C)C6)cc5)sc4n3)cc2)CC(O)CNC(=O)C2C(O)C(C)CN2C(=O)C(C(O)CC(N)=O)NC(=O)C(C(O)Cc2ccc(O)c(OSOOO)c2)NC(=O)C2CC(O)CN2C1=O. The number of aliphatic hydroxyl groups is 6. The van der Waals surface area contributed by atoms with E-state index in [-0.39, 0.29) is 41.4 Å². The summed E-state index contributed by atoms with van der Waals surface area (Å²) in [6.07, 6.45) is -11.7. The molecule has 0 saturated carbocycles. The standard InChI is InChI=1S/C58H72N12O20S2/c1-26-21-69-48(49(26)78)54(83)60-20-35(72)17-37(61-50(79)32-8-6-31(7-9-32)38-25-70-58(62-38)91-55(66-70)33-10-12-34(13-11-33)67-22-27(2)87-28(3)23-67)51(80)63-45(29(4)71)56(84)68-24-36(73)18-39(68)52(81)64-46(53(82)65-47(57(69)85)42(76)19-44(59)77)41(75)15-30-5-14-40(74)43(16-30)88-92-90-89-86/h5-14,16,25-29,35-37,39,41-42,45-49,71-76,78,86H,15,17-24H2,1-4H3,(H2,59,77)(H,60,83)(H,61,79)(H,63,80)(H,64,81)(H,65,82)/t26?,27-,28+,29?,35?,36?,37-,39?,41?,42?,45?,46?,47?,48?,49?/m0/s1. The topological polar surface area (TPSA) is 461 Å². The van der Waals surface area contributed by atoms with E-state index in [0.29, 0.717) is 16.2 Å². The number of amides is 8. The van der Waals surface area contributed by atoms with Gasteiger partial charge in [-0.15, -0.1) is 0 Å². The van der Waals surface area contributed by atoms with Crippen molar-refractivity contribution in [1.29, 1.82) is 0 Å². The van der Waals surface area contributed by atoms with E-state index in [1.165, 1.54) is 36.5 Å². The smallest absolute Gasteiger partial charge is 0.261 e. The number of benzene rings is 3. The van der Waals surface area contributed by atoms with E-state index in [1.54, 1.807) is 22.8 Å². The summed E-state index contributed by atoms with van der Waals surface area (Å²) in [6, 6.07) is 6.01. The van der Waals surface area contributed by atoms with E-state index < -0.39 is 177 Å². The number of carbonyl (C=O) groups is 8. The average Bonchev–Trinajstić information content (AvgIpc) is 1.73. The fraction of sp³-hybridized carbons (Fsp3) is 0.483. The number of morpholine rings is 1. The predicted molar refractivity (Wildman–Crippen MR) is 324 cm³/mol. The Morgan fingerprint density at radius 2 is 1.46 bits per heavy atom. The molecule has 4 fully saturated rings. The van der Waals surface area contributed by atoms with Crippen molar-refractivity contribution in [2.75, 3.05) is 37.6 Å². The molecule has 32 nitrogen and oxygen atoms in total. The lowest BCUT2D eigenvalue weighted by molar-refractivity contribution is -0.433. The van der Waals surface area contributed by atoms with E-state index >= 15 is 0 Å². The Labute approximate surface area is 533 Å². The van der Waals surface area contributed by atoms with Crippen LogP contribution in [0.4, 0.5) is 5.69 Å². The van der Waals surface area contributed by atoms with Crippen LogP contribution in [0.15, 0.2) is 72.9 Å². The second-order valence-electron chi connectivity index (χ2n) is 23.3. The van der Waals surface area contributed by atoms with Crippen molar-refractivity contribution >= 4 is 81.6 Å². The summed E-state index contributed by atoms with van der Waals surface area (Å²) in [4.78, 5) is 123. The van der Waals surface area contributed by atoms with Crippen LogP contribution in [0.5, 0.6) is 11.5 Å². The van der Waals surface area contributed by atoms with Crippen molar-refractivity contribution < 1.29 is 97.7 Å². The van der Waals surface area contributed by atoms with Crippen LogP contribution in [-0.2, 0) is 54.1 Å². The first-order valence-electron chi connectivity index (χ1n) is 29.3. The minimum atomic E-state index is -2.22. The average molecular weight is 1320 g/mol. The number of aromatic nitrogens is 3. The summed E-state index contributed by atoms with van der Waals surface area (Å²) in [5.41, 5.74) is 8.59. The number of hydrogen-bond acceptors (Lipinski definition) is 25. The maximum atomic E-state index is 14.7. The fourth-order valence-electron chi connectivity index (χ4n) is 11.6. The molecule has 3 aromatic carbocycles. The number of anilines is 1. The second-order valence-corrected chi connectivity index (χ2v) is 24.7. The Hall–Kier alpha value is -8.13. The highest BCUT2D eigenvalue weighted by Crippen LogP contribution is 2.33. The van der Waals surface area contributed by atoms with Gasteiger partial charge in [-0.1, -0.05) is 45.8 Å². The van der Waals surface area contributed by atoms with Crippen molar-refractivity contribution in [3.8, 4) is 33.3 Å². The number of primary amides is 1. The molecule has 15 N–H and O–H groups in total. The summed E-state index contributed by atoms with van der Waals surface area (Å²) in [5.74, 6) is -11.1. The highest BCUT2D eigenvalue weighted by atomic mass is 32.2. The lowest BCUT2D eigenvalue weighted by atomic mass is 9.98. The number of nitrogens with zero attached hydrogens (tertiary/aromatic N) is 6. The van der Waals surface area contributed by atoms with E-state index in [2.05, 4.69) is 53.0 Å². The van der Waals surface area contributed by atoms with Gasteiger partial charge in [-0.25, -0.2) is 14.8 Å². The number of rotatable bonds is 16. The third kappa shape index (κ3) is 16.0. The third-order valence-electron chi connectivity index (χ3n) is 16.2. The summed E-state index contributed by atoms with van der Waals surface area (Å²) in [7, 11) is 0. The van der Waals surface area contributed by atoms with Gasteiger partial charge in [0.1, 0.15) is 41.3 Å². The van der Waals surface area contributed by atoms with Crippen molar-refractivity contribution in [2.45, 2.75) is 138 Å². The van der Waals surface area contributed by atoms with Crippen LogP contribution in [0, 0.1) is 5.92 Å². The van der Waals surface area contributed by atoms with Gasteiger partial charge in [0, 0.05) is 80.3 Å². The molecule has 2 aromatic heterocycles. The molecular formula is C58H72N12O20S2. The predicted octanol–water partition coefficient (Wildman–Crippen LogP) is -2.37. The maximum absolute atomic E-state index is 14.7. The number of β-amino-alcohol motifs (C(OH)–C–C–N with tert-alkyl or cyclic N) is 1. The molecule has 15 atom stereocenters. The zero-order valence-electron chi connectivity index (χ0n) is 50.0. The number of fused-ring (bicyclic) bond motifs is 3. The number of nitrogens with two attached hydrogens (primary N) is 1. The molecule has 496 valence electrons. The lowest BCUT2D eigenvalue weighted by Crippen LogP contribution is -2.64. The number of aromatic hydroxyl groups is 1. The first-order valence-corrected chi connectivity index (χ1v) is 30.8. The van der Waals surface area contributed by atoms with Crippen LogP contribution in [-0.4, -0.2) is 230 Å². The normalized spacial score (nSPS) is 27.4. The van der Waals surface area contributed by atoms with Gasteiger partial charge in [0.15, 0.2) is 11.5 Å². The summed E-state index contributed by atoms with van der Waals surface area (Å²) >= 11 is 1.43. The van der Waals surface area contributed by atoms with Gasteiger partial charge in [0.25, 0.3) is 18.2 Å². The molecule has 6 heterocycles. The minimum absolute atomic E-state index is 0.00574. The highest BCUT2D eigenvalue weighted by Gasteiger charge is 2.50. The summed E-state index contributed by atoms with van der Waals surface area (Å²) in [6.45, 7) is 6.50. The molecule has 0 aliphatic carbocycles. The third-order valence-corrected chi connectivity index (χ3v) is 17.5. The van der Waals surface area contributed by atoms with Crippen LogP contribution >= 0.6 is 23.7 Å². The molecule has 92 heavy (non-hydrogen) atoms. The molecule has 4 aliphatic heterocycles. The maximum Gasteiger partial charge on any atom is 0.261 e. The largest absolute Gasteiger partial charge is 0.504 e. The number of nitrogens with one attached hydrogen (secondary N) is 5. The van der Waals surface area contributed by atoms with Gasteiger partial charge in [-0.3, -0.25) is 38.4 Å². The van der Waals surface area contributed by atoms with Crippen molar-refractivity contribution in [3.05, 3.63) is 84.1 Å². The molecule has 8 amide bonds. The molecule has 0 spiro atoms. The minimum Gasteiger partial charge on any atom is -0.504 e. The van der Waals surface area contributed by atoms with Gasteiger partial charge in [0.2, 0.25) is 46.3 Å². The Balaban J connectivity index is 0.983. The van der Waals surface area contributed by atoms with E-state index in [9.17, 15) is 74.1 Å².